The lowest BCUT2D eigenvalue weighted by Crippen LogP contribution is -2.36. The van der Waals surface area contributed by atoms with Crippen LogP contribution in [-0.2, 0) is 4.74 Å². The van der Waals surface area contributed by atoms with Crippen LogP contribution in [0.25, 0.3) is 6.08 Å². The van der Waals surface area contributed by atoms with Gasteiger partial charge in [-0.3, -0.25) is 0 Å². The van der Waals surface area contributed by atoms with Crippen molar-refractivity contribution in [3.05, 3.63) is 29.8 Å². The highest BCUT2D eigenvalue weighted by molar-refractivity contribution is 5.55. The maximum atomic E-state index is 9.33. The smallest absolute Gasteiger partial charge is 0.161 e. The summed E-state index contributed by atoms with van der Waals surface area (Å²) in [5.41, 5.74) is 0.969. The van der Waals surface area contributed by atoms with Crippen LogP contribution in [0.4, 0.5) is 0 Å². The number of rotatable bonds is 6. The maximum absolute atomic E-state index is 9.33. The first-order valence-corrected chi connectivity index (χ1v) is 6.78. The zero-order valence-electron chi connectivity index (χ0n) is 13.7. The fourth-order valence-electron chi connectivity index (χ4n) is 1.38. The van der Waals surface area contributed by atoms with Gasteiger partial charge in [0.2, 0.25) is 0 Å². The van der Waals surface area contributed by atoms with Gasteiger partial charge in [-0.1, -0.05) is 18.2 Å². The molecule has 0 unspecified atom stereocenters. The SMILES string of the molecule is COCC=Cc1ccc(O)c(OC)c1.C[N+](C)(C)CCO. The van der Waals surface area contributed by atoms with Crippen LogP contribution in [-0.4, -0.2) is 69.8 Å². The van der Waals surface area contributed by atoms with Gasteiger partial charge in [-0.2, -0.15) is 0 Å². The molecule has 120 valence electrons. The predicted octanol–water partition coefficient (Wildman–Crippen LogP) is 1.75. The van der Waals surface area contributed by atoms with E-state index in [4.69, 9.17) is 14.6 Å². The Labute approximate surface area is 127 Å². The molecule has 0 aliphatic carbocycles. The first-order valence-electron chi connectivity index (χ1n) is 6.78. The van der Waals surface area contributed by atoms with Crippen molar-refractivity contribution >= 4 is 6.08 Å². The van der Waals surface area contributed by atoms with Gasteiger partial charge in [-0.25, -0.2) is 0 Å². The van der Waals surface area contributed by atoms with Crippen LogP contribution >= 0.6 is 0 Å². The molecule has 0 bridgehead atoms. The van der Waals surface area contributed by atoms with E-state index in [2.05, 4.69) is 21.1 Å². The molecule has 1 aromatic carbocycles. The molecular formula is C16H28NO4+. The van der Waals surface area contributed by atoms with Crippen LogP contribution in [0, 0.1) is 0 Å². The molecule has 0 aromatic heterocycles. The minimum atomic E-state index is 0.149. The highest BCUT2D eigenvalue weighted by Crippen LogP contribution is 2.26. The van der Waals surface area contributed by atoms with Crippen LogP contribution < -0.4 is 4.74 Å². The second kappa shape index (κ2) is 10.2. The van der Waals surface area contributed by atoms with E-state index in [9.17, 15) is 5.11 Å². The maximum Gasteiger partial charge on any atom is 0.161 e. The number of likely N-dealkylation sites (N-methyl/N-ethyl adjacent to an activating group) is 1. The minimum absolute atomic E-state index is 0.149. The molecule has 21 heavy (non-hydrogen) atoms. The third-order valence-corrected chi connectivity index (χ3v) is 2.55. The third-order valence-electron chi connectivity index (χ3n) is 2.55. The molecule has 0 saturated heterocycles. The number of ether oxygens (including phenoxy) is 2. The standard InChI is InChI=1S/C11H14O3.C5H14NO/c1-13-7-3-4-9-5-6-10(12)11(8-9)14-2;1-6(2,3)4-5-7/h3-6,8,12H,7H2,1-2H3;7H,4-5H2,1-3H3/q;+1. The lowest BCUT2D eigenvalue weighted by atomic mass is 10.2. The largest absolute Gasteiger partial charge is 0.504 e. The van der Waals surface area contributed by atoms with E-state index in [0.29, 0.717) is 12.4 Å². The van der Waals surface area contributed by atoms with Gasteiger partial charge in [0.25, 0.3) is 0 Å². The number of benzene rings is 1. The Morgan fingerprint density at radius 1 is 1.19 bits per heavy atom. The summed E-state index contributed by atoms with van der Waals surface area (Å²) in [6.07, 6.45) is 3.80. The second-order valence-electron chi connectivity index (χ2n) is 5.53. The number of quaternary nitrogens is 1. The lowest BCUT2D eigenvalue weighted by molar-refractivity contribution is -0.870. The van der Waals surface area contributed by atoms with Gasteiger partial charge in [-0.15, -0.1) is 0 Å². The van der Waals surface area contributed by atoms with Crippen molar-refractivity contribution in [1.29, 1.82) is 0 Å². The molecule has 0 heterocycles. The van der Waals surface area contributed by atoms with Crippen molar-refractivity contribution in [3.63, 3.8) is 0 Å². The molecule has 0 aliphatic heterocycles. The Morgan fingerprint density at radius 3 is 2.29 bits per heavy atom. The molecule has 5 nitrogen and oxygen atoms in total. The Kier molecular flexibility index (Phi) is 9.45. The normalized spacial score (nSPS) is 11.1. The topological polar surface area (TPSA) is 58.9 Å². The molecule has 2 N–H and O–H groups in total. The quantitative estimate of drug-likeness (QED) is 0.786. The summed E-state index contributed by atoms with van der Waals surface area (Å²) < 4.78 is 10.7. The zero-order valence-corrected chi connectivity index (χ0v) is 13.7. The van der Waals surface area contributed by atoms with Crippen LogP contribution in [0.1, 0.15) is 5.56 Å². The summed E-state index contributed by atoms with van der Waals surface area (Å²) in [7, 11) is 9.32. The molecule has 1 rings (SSSR count). The molecule has 0 aliphatic rings. The van der Waals surface area contributed by atoms with Gasteiger partial charge in [-0.05, 0) is 17.7 Å². The molecule has 0 radical (unpaired) electrons. The summed E-state index contributed by atoms with van der Waals surface area (Å²) in [5, 5.41) is 17.7. The molecule has 0 atom stereocenters. The summed E-state index contributed by atoms with van der Waals surface area (Å²) in [6, 6.07) is 5.18. The molecule has 0 fully saturated rings. The summed E-state index contributed by atoms with van der Waals surface area (Å²) >= 11 is 0. The number of phenols is 1. The van der Waals surface area contributed by atoms with E-state index in [1.807, 2.05) is 18.2 Å². The minimum Gasteiger partial charge on any atom is -0.504 e. The summed E-state index contributed by atoms with van der Waals surface area (Å²) in [5.74, 6) is 0.626. The van der Waals surface area contributed by atoms with Gasteiger partial charge in [0.1, 0.15) is 6.54 Å². The Morgan fingerprint density at radius 2 is 1.86 bits per heavy atom. The van der Waals surface area contributed by atoms with Crippen LogP contribution in [0.5, 0.6) is 11.5 Å². The number of aromatic hydroxyl groups is 1. The summed E-state index contributed by atoms with van der Waals surface area (Å²) in [6.45, 7) is 1.69. The molecular weight excluding hydrogens is 270 g/mol. The predicted molar refractivity (Wildman–Crippen MR) is 85.6 cm³/mol. The van der Waals surface area contributed by atoms with Crippen molar-refractivity contribution < 1.29 is 24.2 Å². The molecule has 0 amide bonds. The number of aliphatic hydroxyl groups is 1. The number of nitrogens with zero attached hydrogens (tertiary/aromatic N) is 1. The van der Waals surface area contributed by atoms with Crippen molar-refractivity contribution in [2.75, 3.05) is 55.1 Å². The van der Waals surface area contributed by atoms with E-state index in [0.717, 1.165) is 16.6 Å². The number of phenolic OH excluding ortho intramolecular Hbond substituents is 1. The van der Waals surface area contributed by atoms with E-state index in [-0.39, 0.29) is 12.4 Å². The molecule has 1 aromatic rings. The first kappa shape index (κ1) is 19.4. The molecule has 0 saturated carbocycles. The Hall–Kier alpha value is -1.56. The van der Waals surface area contributed by atoms with Crippen molar-refractivity contribution in [1.82, 2.24) is 0 Å². The lowest BCUT2D eigenvalue weighted by Gasteiger charge is -2.21. The second-order valence-corrected chi connectivity index (χ2v) is 5.53. The zero-order chi connectivity index (χ0) is 16.3. The number of hydrogen-bond acceptors (Lipinski definition) is 4. The number of aliphatic hydroxyl groups excluding tert-OH is 1. The number of methoxy groups -OCH3 is 2. The van der Waals surface area contributed by atoms with E-state index in [1.54, 1.807) is 19.2 Å². The van der Waals surface area contributed by atoms with Gasteiger partial charge in [0.05, 0.1) is 41.5 Å². The van der Waals surface area contributed by atoms with Crippen LogP contribution in [0.3, 0.4) is 0 Å². The monoisotopic (exact) mass is 298 g/mol. The highest BCUT2D eigenvalue weighted by atomic mass is 16.5. The summed E-state index contributed by atoms with van der Waals surface area (Å²) in [4.78, 5) is 0. The van der Waals surface area contributed by atoms with Gasteiger partial charge >= 0.3 is 0 Å². The van der Waals surface area contributed by atoms with E-state index < -0.39 is 0 Å². The van der Waals surface area contributed by atoms with Gasteiger partial charge in [0, 0.05) is 7.11 Å². The first-order chi connectivity index (χ1) is 9.84. The average Bonchev–Trinajstić information content (AvgIpc) is 2.40. The number of hydrogen-bond donors (Lipinski definition) is 2. The van der Waals surface area contributed by atoms with Crippen LogP contribution in [0.15, 0.2) is 24.3 Å². The fourth-order valence-corrected chi connectivity index (χ4v) is 1.38. The fraction of sp³-hybridized carbons (Fsp3) is 0.500. The van der Waals surface area contributed by atoms with Crippen molar-refractivity contribution in [2.45, 2.75) is 0 Å². The van der Waals surface area contributed by atoms with Crippen LogP contribution in [0.2, 0.25) is 0 Å². The van der Waals surface area contributed by atoms with Gasteiger partial charge < -0.3 is 24.2 Å². The molecule has 5 heteroatoms. The Bertz CT molecular complexity index is 425. The van der Waals surface area contributed by atoms with Gasteiger partial charge in [0.15, 0.2) is 11.5 Å². The van der Waals surface area contributed by atoms with E-state index >= 15 is 0 Å². The van der Waals surface area contributed by atoms with Crippen molar-refractivity contribution in [2.24, 2.45) is 0 Å². The Balaban J connectivity index is 0.000000486. The van der Waals surface area contributed by atoms with Crippen molar-refractivity contribution in [3.8, 4) is 11.5 Å². The highest BCUT2D eigenvalue weighted by Gasteiger charge is 2.02. The molecule has 0 spiro atoms. The average molecular weight is 298 g/mol. The van der Waals surface area contributed by atoms with E-state index in [1.165, 1.54) is 7.11 Å². The third kappa shape index (κ3) is 9.90.